The molecule has 0 saturated carbocycles. The van der Waals surface area contributed by atoms with Gasteiger partial charge in [0.05, 0.1) is 5.69 Å². The molecule has 3 nitrogen and oxygen atoms in total. The first-order chi connectivity index (χ1) is 8.58. The van der Waals surface area contributed by atoms with Crippen LogP contribution >= 0.6 is 27.5 Å². The third-order valence-electron chi connectivity index (χ3n) is 3.11. The van der Waals surface area contributed by atoms with E-state index in [4.69, 9.17) is 11.6 Å². The molecule has 2 rings (SSSR count). The number of anilines is 1. The normalized spacial score (nSPS) is 20.2. The largest absolute Gasteiger partial charge is 0.373 e. The van der Waals surface area contributed by atoms with Gasteiger partial charge in [0.2, 0.25) is 5.91 Å². The van der Waals surface area contributed by atoms with Gasteiger partial charge in [0, 0.05) is 16.0 Å². The van der Waals surface area contributed by atoms with Gasteiger partial charge in [0.15, 0.2) is 0 Å². The number of amides is 1. The highest BCUT2D eigenvalue weighted by molar-refractivity contribution is 9.10. The summed E-state index contributed by atoms with van der Waals surface area (Å²) in [4.78, 5) is 11.9. The van der Waals surface area contributed by atoms with Crippen molar-refractivity contribution in [1.82, 2.24) is 5.32 Å². The van der Waals surface area contributed by atoms with Crippen molar-refractivity contribution in [3.05, 3.63) is 27.2 Å². The fourth-order valence-electron chi connectivity index (χ4n) is 2.02. The fraction of sp³-hybridized carbons (Fsp3) is 0.462. The number of nitrogens with one attached hydrogen (secondary N) is 2. The average molecular weight is 332 g/mol. The lowest BCUT2D eigenvalue weighted by Crippen LogP contribution is -2.37. The van der Waals surface area contributed by atoms with E-state index in [0.29, 0.717) is 5.02 Å². The Labute approximate surface area is 120 Å². The van der Waals surface area contributed by atoms with E-state index in [-0.39, 0.29) is 11.9 Å². The Hall–Kier alpha value is -0.740. The summed E-state index contributed by atoms with van der Waals surface area (Å²) in [6.45, 7) is 2.72. The Bertz CT molecular complexity index is 465. The van der Waals surface area contributed by atoms with Crippen molar-refractivity contribution in [2.24, 2.45) is 0 Å². The Morgan fingerprint density at radius 3 is 3.00 bits per heavy atom. The molecule has 1 unspecified atom stereocenters. The Morgan fingerprint density at radius 1 is 1.44 bits per heavy atom. The molecule has 5 heteroatoms. The van der Waals surface area contributed by atoms with E-state index in [1.807, 2.05) is 19.1 Å². The second-order valence-corrected chi connectivity index (χ2v) is 5.83. The quantitative estimate of drug-likeness (QED) is 0.871. The van der Waals surface area contributed by atoms with Crippen molar-refractivity contribution in [1.29, 1.82) is 0 Å². The Balaban J connectivity index is 2.17. The van der Waals surface area contributed by atoms with Crippen LogP contribution < -0.4 is 10.6 Å². The lowest BCUT2D eigenvalue weighted by atomic mass is 10.1. The maximum absolute atomic E-state index is 11.9. The first-order valence-corrected chi connectivity index (χ1v) is 7.25. The number of halogens is 2. The molecule has 1 saturated heterocycles. The van der Waals surface area contributed by atoms with Crippen LogP contribution in [0.3, 0.4) is 0 Å². The summed E-state index contributed by atoms with van der Waals surface area (Å²) in [5.41, 5.74) is 1.88. The number of aryl methyl sites for hydroxylation is 1. The van der Waals surface area contributed by atoms with Crippen LogP contribution in [-0.4, -0.2) is 18.5 Å². The molecular formula is C13H16BrClN2O. The van der Waals surface area contributed by atoms with Crippen LogP contribution in [0.5, 0.6) is 0 Å². The molecule has 1 aromatic carbocycles. The van der Waals surface area contributed by atoms with Crippen LogP contribution in [0.4, 0.5) is 5.69 Å². The summed E-state index contributed by atoms with van der Waals surface area (Å²) < 4.78 is 0.932. The zero-order valence-electron chi connectivity index (χ0n) is 10.2. The van der Waals surface area contributed by atoms with Crippen molar-refractivity contribution in [3.63, 3.8) is 0 Å². The van der Waals surface area contributed by atoms with Gasteiger partial charge in [-0.1, -0.05) is 11.6 Å². The third-order valence-corrected chi connectivity index (χ3v) is 4.18. The van der Waals surface area contributed by atoms with E-state index in [2.05, 4.69) is 26.6 Å². The van der Waals surface area contributed by atoms with Gasteiger partial charge in [0.25, 0.3) is 0 Å². The third kappa shape index (κ3) is 3.18. The van der Waals surface area contributed by atoms with E-state index in [1.165, 1.54) is 0 Å². The van der Waals surface area contributed by atoms with Crippen molar-refractivity contribution in [3.8, 4) is 0 Å². The van der Waals surface area contributed by atoms with Gasteiger partial charge in [-0.2, -0.15) is 0 Å². The number of benzene rings is 1. The second kappa shape index (κ2) is 5.93. The Kier molecular flexibility index (Phi) is 4.51. The summed E-state index contributed by atoms with van der Waals surface area (Å²) in [6, 6.07) is 3.64. The van der Waals surface area contributed by atoms with Crippen LogP contribution in [0.15, 0.2) is 16.6 Å². The van der Waals surface area contributed by atoms with Crippen LogP contribution in [0.1, 0.15) is 24.8 Å². The number of hydrogen-bond acceptors (Lipinski definition) is 2. The Morgan fingerprint density at radius 2 is 2.22 bits per heavy atom. The molecule has 1 amide bonds. The fourth-order valence-corrected chi connectivity index (χ4v) is 2.76. The van der Waals surface area contributed by atoms with Gasteiger partial charge in [0.1, 0.15) is 6.04 Å². The van der Waals surface area contributed by atoms with Crippen LogP contribution in [0.25, 0.3) is 0 Å². The molecule has 1 atom stereocenters. The van der Waals surface area contributed by atoms with Crippen LogP contribution in [-0.2, 0) is 4.79 Å². The summed E-state index contributed by atoms with van der Waals surface area (Å²) in [5.74, 6) is 0.0658. The predicted octanol–water partition coefficient (Wildman–Crippen LogP) is 3.49. The summed E-state index contributed by atoms with van der Waals surface area (Å²) in [6.07, 6.45) is 2.94. The lowest BCUT2D eigenvalue weighted by Gasteiger charge is -2.18. The maximum atomic E-state index is 11.9. The monoisotopic (exact) mass is 330 g/mol. The molecule has 18 heavy (non-hydrogen) atoms. The number of hydrogen-bond donors (Lipinski definition) is 2. The van der Waals surface area contributed by atoms with Gasteiger partial charge in [-0.15, -0.1) is 0 Å². The molecule has 0 bridgehead atoms. The first-order valence-electron chi connectivity index (χ1n) is 6.08. The molecule has 1 aromatic rings. The van der Waals surface area contributed by atoms with Crippen molar-refractivity contribution in [2.75, 3.05) is 11.9 Å². The van der Waals surface area contributed by atoms with Gasteiger partial charge in [-0.05, 0) is 59.8 Å². The highest BCUT2D eigenvalue weighted by Gasteiger charge is 2.21. The second-order valence-electron chi connectivity index (χ2n) is 4.56. The number of rotatable bonds is 2. The molecule has 0 aromatic heterocycles. The van der Waals surface area contributed by atoms with E-state index in [1.54, 1.807) is 0 Å². The molecular weight excluding hydrogens is 316 g/mol. The highest BCUT2D eigenvalue weighted by Crippen LogP contribution is 2.30. The van der Waals surface area contributed by atoms with E-state index >= 15 is 0 Å². The average Bonchev–Trinajstić information content (AvgIpc) is 2.52. The minimum Gasteiger partial charge on any atom is -0.373 e. The number of carbonyl (C=O) groups excluding carboxylic acids is 1. The standard InChI is InChI=1S/C13H16BrClN2O/c1-8-6-9(14)12(7-10(8)15)17-11-4-2-3-5-16-13(11)18/h6-7,11,17H,2-5H2,1H3,(H,16,18). The van der Waals surface area contributed by atoms with Gasteiger partial charge >= 0.3 is 0 Å². The SMILES string of the molecule is Cc1cc(Br)c(NC2CCCCNC2=O)cc1Cl. The first kappa shape index (κ1) is 13.7. The summed E-state index contributed by atoms with van der Waals surface area (Å²) >= 11 is 9.61. The molecule has 0 aliphatic carbocycles. The molecule has 1 fully saturated rings. The summed E-state index contributed by atoms with van der Waals surface area (Å²) in [5, 5.41) is 6.88. The highest BCUT2D eigenvalue weighted by atomic mass is 79.9. The molecule has 0 spiro atoms. The van der Waals surface area contributed by atoms with E-state index in [9.17, 15) is 4.79 Å². The predicted molar refractivity (Wildman–Crippen MR) is 78.2 cm³/mol. The smallest absolute Gasteiger partial charge is 0.242 e. The van der Waals surface area contributed by atoms with Crippen molar-refractivity contribution < 1.29 is 4.79 Å². The molecule has 2 N–H and O–H groups in total. The topological polar surface area (TPSA) is 41.1 Å². The van der Waals surface area contributed by atoms with E-state index in [0.717, 1.165) is 41.5 Å². The minimum absolute atomic E-state index is 0.0658. The van der Waals surface area contributed by atoms with Gasteiger partial charge in [-0.3, -0.25) is 4.79 Å². The number of carbonyl (C=O) groups is 1. The van der Waals surface area contributed by atoms with Crippen molar-refractivity contribution >= 4 is 39.1 Å². The maximum Gasteiger partial charge on any atom is 0.242 e. The van der Waals surface area contributed by atoms with Crippen LogP contribution in [0, 0.1) is 6.92 Å². The van der Waals surface area contributed by atoms with Gasteiger partial charge < -0.3 is 10.6 Å². The van der Waals surface area contributed by atoms with E-state index < -0.39 is 0 Å². The van der Waals surface area contributed by atoms with Crippen LogP contribution in [0.2, 0.25) is 5.02 Å². The minimum atomic E-state index is -0.178. The molecule has 0 radical (unpaired) electrons. The zero-order valence-corrected chi connectivity index (χ0v) is 12.6. The molecule has 98 valence electrons. The summed E-state index contributed by atoms with van der Waals surface area (Å²) in [7, 11) is 0. The molecule has 1 aliphatic heterocycles. The van der Waals surface area contributed by atoms with Gasteiger partial charge in [-0.25, -0.2) is 0 Å². The lowest BCUT2D eigenvalue weighted by molar-refractivity contribution is -0.121. The molecule has 1 aliphatic rings. The molecule has 1 heterocycles. The van der Waals surface area contributed by atoms with Crippen molar-refractivity contribution in [2.45, 2.75) is 32.2 Å². The zero-order chi connectivity index (χ0) is 13.1.